The van der Waals surface area contributed by atoms with Gasteiger partial charge in [0.2, 0.25) is 0 Å². The second-order valence-corrected chi connectivity index (χ2v) is 4.74. The molecule has 0 fully saturated rings. The molecule has 0 saturated carbocycles. The van der Waals surface area contributed by atoms with Crippen molar-refractivity contribution in [1.29, 1.82) is 0 Å². The number of hydrogen-bond donors (Lipinski definition) is 1. The lowest BCUT2D eigenvalue weighted by Crippen LogP contribution is -2.12. The maximum absolute atomic E-state index is 5.93. The van der Waals surface area contributed by atoms with Crippen LogP contribution in [-0.4, -0.2) is 17.0 Å². The molecule has 0 radical (unpaired) electrons. The highest BCUT2D eigenvalue weighted by Crippen LogP contribution is 2.25. The monoisotopic (exact) mass is 276 g/mol. The van der Waals surface area contributed by atoms with Crippen LogP contribution in [0.2, 0.25) is 0 Å². The van der Waals surface area contributed by atoms with Crippen LogP contribution in [0.3, 0.4) is 0 Å². The van der Waals surface area contributed by atoms with Gasteiger partial charge in [0.25, 0.3) is 0 Å². The number of aromatic nitrogens is 2. The number of benzene rings is 2. The fourth-order valence-electron chi connectivity index (χ4n) is 2.12. The van der Waals surface area contributed by atoms with Crippen LogP contribution in [0.25, 0.3) is 11.4 Å². The van der Waals surface area contributed by atoms with Gasteiger partial charge < -0.3 is 10.6 Å². The maximum atomic E-state index is 5.93. The number of anilines is 3. The summed E-state index contributed by atoms with van der Waals surface area (Å²) in [5, 5.41) is 0. The van der Waals surface area contributed by atoms with Crippen molar-refractivity contribution in [3.05, 3.63) is 66.7 Å². The Bertz CT molecular complexity index is 726. The molecule has 104 valence electrons. The van der Waals surface area contributed by atoms with Crippen LogP contribution >= 0.6 is 0 Å². The predicted octanol–water partition coefficient (Wildman–Crippen LogP) is 3.49. The van der Waals surface area contributed by atoms with E-state index in [0.717, 1.165) is 17.1 Å². The van der Waals surface area contributed by atoms with Gasteiger partial charge in [0, 0.05) is 24.4 Å². The van der Waals surface area contributed by atoms with Crippen LogP contribution in [0.5, 0.6) is 0 Å². The van der Waals surface area contributed by atoms with Crippen molar-refractivity contribution < 1.29 is 0 Å². The molecule has 0 unspecified atom stereocenters. The van der Waals surface area contributed by atoms with Crippen molar-refractivity contribution >= 4 is 17.3 Å². The summed E-state index contributed by atoms with van der Waals surface area (Å²) in [6, 6.07) is 21.6. The van der Waals surface area contributed by atoms with Crippen LogP contribution < -0.4 is 10.6 Å². The highest BCUT2D eigenvalue weighted by Gasteiger charge is 2.09. The zero-order valence-electron chi connectivity index (χ0n) is 11.8. The molecular weight excluding hydrogens is 260 g/mol. The fourth-order valence-corrected chi connectivity index (χ4v) is 2.12. The van der Waals surface area contributed by atoms with E-state index < -0.39 is 0 Å². The first kappa shape index (κ1) is 13.1. The predicted molar refractivity (Wildman–Crippen MR) is 86.4 cm³/mol. The third-order valence-corrected chi connectivity index (χ3v) is 3.25. The van der Waals surface area contributed by atoms with Gasteiger partial charge in [0.05, 0.1) is 0 Å². The van der Waals surface area contributed by atoms with Gasteiger partial charge in [-0.25, -0.2) is 9.97 Å². The first-order chi connectivity index (χ1) is 10.2. The quantitative estimate of drug-likeness (QED) is 0.795. The second-order valence-electron chi connectivity index (χ2n) is 4.74. The average molecular weight is 276 g/mol. The molecule has 2 N–H and O–H groups in total. The molecule has 0 saturated heterocycles. The van der Waals surface area contributed by atoms with Crippen molar-refractivity contribution in [2.45, 2.75) is 0 Å². The molecule has 2 aromatic carbocycles. The Kier molecular flexibility index (Phi) is 3.51. The summed E-state index contributed by atoms with van der Waals surface area (Å²) in [5.41, 5.74) is 7.94. The van der Waals surface area contributed by atoms with E-state index in [-0.39, 0.29) is 0 Å². The fraction of sp³-hybridized carbons (Fsp3) is 0.0588. The summed E-state index contributed by atoms with van der Waals surface area (Å²) < 4.78 is 0. The van der Waals surface area contributed by atoms with Crippen molar-refractivity contribution in [2.75, 3.05) is 17.7 Å². The van der Waals surface area contributed by atoms with Gasteiger partial charge in [0.15, 0.2) is 5.82 Å². The number of nitrogens with two attached hydrogens (primary N) is 1. The largest absolute Gasteiger partial charge is 0.384 e. The number of nitrogens with zero attached hydrogens (tertiary/aromatic N) is 3. The Morgan fingerprint density at radius 3 is 2.14 bits per heavy atom. The van der Waals surface area contributed by atoms with Crippen LogP contribution in [0.1, 0.15) is 0 Å². The third-order valence-electron chi connectivity index (χ3n) is 3.25. The molecular formula is C17H16N4. The Morgan fingerprint density at radius 2 is 1.48 bits per heavy atom. The third kappa shape index (κ3) is 2.84. The van der Waals surface area contributed by atoms with Crippen molar-refractivity contribution in [3.8, 4) is 11.4 Å². The minimum Gasteiger partial charge on any atom is -0.384 e. The highest BCUT2D eigenvalue weighted by atomic mass is 15.2. The van der Waals surface area contributed by atoms with E-state index in [1.54, 1.807) is 6.07 Å². The molecule has 3 aromatic rings. The van der Waals surface area contributed by atoms with E-state index in [1.165, 1.54) is 0 Å². The van der Waals surface area contributed by atoms with E-state index in [4.69, 9.17) is 5.73 Å². The number of rotatable bonds is 3. The number of para-hydroxylation sites is 1. The Morgan fingerprint density at radius 1 is 0.857 bits per heavy atom. The maximum Gasteiger partial charge on any atom is 0.163 e. The van der Waals surface area contributed by atoms with E-state index in [1.807, 2.05) is 72.6 Å². The summed E-state index contributed by atoms with van der Waals surface area (Å²) in [6.07, 6.45) is 0. The van der Waals surface area contributed by atoms with Gasteiger partial charge in [-0.2, -0.15) is 0 Å². The van der Waals surface area contributed by atoms with E-state index in [2.05, 4.69) is 9.97 Å². The van der Waals surface area contributed by atoms with Gasteiger partial charge in [-0.15, -0.1) is 0 Å². The molecule has 0 amide bonds. The Balaban J connectivity index is 2.02. The van der Waals surface area contributed by atoms with Crippen molar-refractivity contribution in [1.82, 2.24) is 9.97 Å². The van der Waals surface area contributed by atoms with Gasteiger partial charge in [0.1, 0.15) is 11.6 Å². The van der Waals surface area contributed by atoms with Gasteiger partial charge in [-0.1, -0.05) is 48.5 Å². The van der Waals surface area contributed by atoms with Crippen LogP contribution in [0.15, 0.2) is 66.7 Å². The average Bonchev–Trinajstić information content (AvgIpc) is 2.55. The topological polar surface area (TPSA) is 55.0 Å². The van der Waals surface area contributed by atoms with Crippen molar-refractivity contribution in [2.24, 2.45) is 0 Å². The minimum atomic E-state index is 0.460. The summed E-state index contributed by atoms with van der Waals surface area (Å²) in [5.74, 6) is 1.86. The van der Waals surface area contributed by atoms with Crippen LogP contribution in [-0.2, 0) is 0 Å². The molecule has 4 nitrogen and oxygen atoms in total. The lowest BCUT2D eigenvalue weighted by Gasteiger charge is -2.19. The minimum absolute atomic E-state index is 0.460. The molecule has 0 aliphatic heterocycles. The molecule has 1 heterocycles. The standard InChI is InChI=1S/C17H16N4/c1-21(14-10-6-3-7-11-14)16-12-15(18)19-17(20-16)13-8-4-2-5-9-13/h2-12H,1H3,(H2,18,19,20). The SMILES string of the molecule is CN(c1ccccc1)c1cc(N)nc(-c2ccccc2)n1. The number of nitrogen functional groups attached to an aromatic ring is 1. The summed E-state index contributed by atoms with van der Waals surface area (Å²) in [7, 11) is 1.96. The first-order valence-electron chi connectivity index (χ1n) is 6.73. The molecule has 4 heteroatoms. The highest BCUT2D eigenvalue weighted by molar-refractivity contribution is 5.65. The van der Waals surface area contributed by atoms with Gasteiger partial charge >= 0.3 is 0 Å². The summed E-state index contributed by atoms with van der Waals surface area (Å²) in [6.45, 7) is 0. The Labute approximate surface area is 123 Å². The Hall–Kier alpha value is -2.88. The van der Waals surface area contributed by atoms with Crippen molar-refractivity contribution in [3.63, 3.8) is 0 Å². The first-order valence-corrected chi connectivity index (χ1v) is 6.73. The second kappa shape index (κ2) is 5.63. The molecule has 0 spiro atoms. The molecule has 3 rings (SSSR count). The zero-order valence-corrected chi connectivity index (χ0v) is 11.8. The molecule has 0 aliphatic carbocycles. The van der Waals surface area contributed by atoms with Crippen LogP contribution in [0.4, 0.5) is 17.3 Å². The van der Waals surface area contributed by atoms with E-state index >= 15 is 0 Å². The molecule has 1 aromatic heterocycles. The zero-order chi connectivity index (χ0) is 14.7. The van der Waals surface area contributed by atoms with Gasteiger partial charge in [-0.05, 0) is 12.1 Å². The number of hydrogen-bond acceptors (Lipinski definition) is 4. The molecule has 0 bridgehead atoms. The van der Waals surface area contributed by atoms with Crippen LogP contribution in [0, 0.1) is 0 Å². The van der Waals surface area contributed by atoms with E-state index in [0.29, 0.717) is 11.6 Å². The lowest BCUT2D eigenvalue weighted by atomic mass is 10.2. The lowest BCUT2D eigenvalue weighted by molar-refractivity contribution is 1.09. The molecule has 0 atom stereocenters. The molecule has 21 heavy (non-hydrogen) atoms. The smallest absolute Gasteiger partial charge is 0.163 e. The normalized spacial score (nSPS) is 10.3. The van der Waals surface area contributed by atoms with Gasteiger partial charge in [-0.3, -0.25) is 0 Å². The van der Waals surface area contributed by atoms with E-state index in [9.17, 15) is 0 Å². The summed E-state index contributed by atoms with van der Waals surface area (Å²) >= 11 is 0. The summed E-state index contributed by atoms with van der Waals surface area (Å²) in [4.78, 5) is 10.9. The molecule has 0 aliphatic rings.